The number of aryl methyl sites for hydroxylation is 3. The van der Waals surface area contributed by atoms with E-state index in [-0.39, 0.29) is 23.7 Å². The fraction of sp³-hybridized carbons (Fsp3) is 0.545. The number of carbonyl (C=O) groups is 2. The Morgan fingerprint density at radius 1 is 1.07 bits per heavy atom. The summed E-state index contributed by atoms with van der Waals surface area (Å²) in [5.41, 5.74) is 3.07. The smallest absolute Gasteiger partial charge is 0.431 e. The molecular formula is C22H31NO5. The lowest BCUT2D eigenvalue weighted by Gasteiger charge is -2.30. The van der Waals surface area contributed by atoms with Crippen molar-refractivity contribution < 1.29 is 23.9 Å². The zero-order valence-corrected chi connectivity index (χ0v) is 18.3. The summed E-state index contributed by atoms with van der Waals surface area (Å²) in [5, 5.41) is 1.23. The highest BCUT2D eigenvalue weighted by Crippen LogP contribution is 2.42. The van der Waals surface area contributed by atoms with Crippen LogP contribution in [-0.4, -0.2) is 35.9 Å². The van der Waals surface area contributed by atoms with E-state index in [0.717, 1.165) is 22.3 Å². The summed E-state index contributed by atoms with van der Waals surface area (Å²) >= 11 is 0. The van der Waals surface area contributed by atoms with Crippen LogP contribution in [0, 0.1) is 26.7 Å². The SMILES string of the molecule is CON1C(=O)C(c2c(C)cc(C)cc2C)=C(OC(=O)OC(C)C(C)C)C1(C)C. The maximum absolute atomic E-state index is 13.2. The number of benzene rings is 1. The molecule has 28 heavy (non-hydrogen) atoms. The molecule has 1 heterocycles. The largest absolute Gasteiger partial charge is 0.513 e. The second-order valence-corrected chi connectivity index (χ2v) is 8.24. The molecule has 0 N–H and O–H groups in total. The first-order chi connectivity index (χ1) is 12.9. The van der Waals surface area contributed by atoms with Crippen LogP contribution in [0.3, 0.4) is 0 Å². The van der Waals surface area contributed by atoms with Crippen LogP contribution < -0.4 is 0 Å². The molecule has 0 saturated carbocycles. The molecule has 1 atom stereocenters. The number of ether oxygens (including phenoxy) is 2. The molecule has 2 rings (SSSR count). The van der Waals surface area contributed by atoms with E-state index >= 15 is 0 Å². The fourth-order valence-corrected chi connectivity index (χ4v) is 3.53. The topological polar surface area (TPSA) is 65.1 Å². The average molecular weight is 389 g/mol. The van der Waals surface area contributed by atoms with Gasteiger partial charge < -0.3 is 9.47 Å². The molecule has 0 bridgehead atoms. The molecule has 1 aliphatic rings. The first-order valence-corrected chi connectivity index (χ1v) is 9.51. The molecule has 6 heteroatoms. The highest BCUT2D eigenvalue weighted by molar-refractivity contribution is 6.23. The molecule has 0 saturated heterocycles. The number of nitrogens with zero attached hydrogens (tertiary/aromatic N) is 1. The Hall–Kier alpha value is -2.34. The summed E-state index contributed by atoms with van der Waals surface area (Å²) in [4.78, 5) is 31.0. The van der Waals surface area contributed by atoms with E-state index in [1.807, 2.05) is 53.7 Å². The Morgan fingerprint density at radius 2 is 1.61 bits per heavy atom. The van der Waals surface area contributed by atoms with Crippen molar-refractivity contribution >= 4 is 17.6 Å². The minimum absolute atomic E-state index is 0.149. The van der Waals surface area contributed by atoms with Crippen molar-refractivity contribution in [2.75, 3.05) is 7.11 Å². The van der Waals surface area contributed by atoms with Gasteiger partial charge in [-0.25, -0.2) is 9.86 Å². The van der Waals surface area contributed by atoms with Gasteiger partial charge in [0.15, 0.2) is 5.76 Å². The standard InChI is InChI=1S/C22H31NO5/c1-12(2)16(6)27-21(25)28-19-18(20(24)23(26-9)22(19,7)8)17-14(4)10-13(3)11-15(17)5/h10-12,16H,1-9H3. The molecule has 1 unspecified atom stereocenters. The second kappa shape index (κ2) is 7.95. The van der Waals surface area contributed by atoms with Crippen molar-refractivity contribution in [3.05, 3.63) is 40.1 Å². The molecule has 154 valence electrons. The van der Waals surface area contributed by atoms with E-state index in [4.69, 9.17) is 14.3 Å². The number of carbonyl (C=O) groups excluding carboxylic acids is 2. The Bertz CT molecular complexity index is 799. The number of hydrogen-bond acceptors (Lipinski definition) is 5. The number of hydrogen-bond donors (Lipinski definition) is 0. The van der Waals surface area contributed by atoms with Crippen molar-refractivity contribution in [2.45, 2.75) is 67.0 Å². The van der Waals surface area contributed by atoms with Crippen LogP contribution in [0.15, 0.2) is 17.9 Å². The minimum atomic E-state index is -0.967. The van der Waals surface area contributed by atoms with Crippen LogP contribution in [0.5, 0.6) is 0 Å². The first kappa shape index (κ1) is 22.0. The van der Waals surface area contributed by atoms with E-state index in [2.05, 4.69) is 0 Å². The van der Waals surface area contributed by atoms with Gasteiger partial charge in [-0.2, -0.15) is 0 Å². The Kier molecular flexibility index (Phi) is 6.24. The summed E-state index contributed by atoms with van der Waals surface area (Å²) in [6, 6.07) is 4.00. The van der Waals surface area contributed by atoms with Crippen LogP contribution in [0.2, 0.25) is 0 Å². The predicted molar refractivity (Wildman–Crippen MR) is 107 cm³/mol. The first-order valence-electron chi connectivity index (χ1n) is 9.51. The van der Waals surface area contributed by atoms with Crippen molar-refractivity contribution in [1.82, 2.24) is 5.06 Å². The molecule has 0 spiro atoms. The van der Waals surface area contributed by atoms with Crippen molar-refractivity contribution in [3.8, 4) is 0 Å². The molecule has 1 amide bonds. The third-order valence-electron chi connectivity index (χ3n) is 5.20. The number of rotatable bonds is 5. The maximum atomic E-state index is 13.2. The second-order valence-electron chi connectivity index (χ2n) is 8.24. The summed E-state index contributed by atoms with van der Waals surface area (Å²) in [6.07, 6.45) is -1.13. The van der Waals surface area contributed by atoms with Gasteiger partial charge in [-0.15, -0.1) is 0 Å². The van der Waals surface area contributed by atoms with Crippen LogP contribution >= 0.6 is 0 Å². The summed E-state index contributed by atoms with van der Waals surface area (Å²) in [7, 11) is 1.42. The Labute approximate surface area is 167 Å². The van der Waals surface area contributed by atoms with Crippen LogP contribution in [0.1, 0.15) is 56.9 Å². The third kappa shape index (κ3) is 3.92. The predicted octanol–water partition coefficient (Wildman–Crippen LogP) is 4.70. The molecule has 0 radical (unpaired) electrons. The van der Waals surface area contributed by atoms with E-state index < -0.39 is 11.7 Å². The summed E-state index contributed by atoms with van der Waals surface area (Å²) in [6.45, 7) is 15.1. The van der Waals surface area contributed by atoms with E-state index in [1.165, 1.54) is 12.2 Å². The highest BCUT2D eigenvalue weighted by Gasteiger charge is 2.50. The van der Waals surface area contributed by atoms with Gasteiger partial charge in [0.05, 0.1) is 12.7 Å². The zero-order valence-electron chi connectivity index (χ0n) is 18.3. The van der Waals surface area contributed by atoms with Gasteiger partial charge in [0.25, 0.3) is 5.91 Å². The summed E-state index contributed by atoms with van der Waals surface area (Å²) in [5.74, 6) is 0.0360. The van der Waals surface area contributed by atoms with Gasteiger partial charge in [0, 0.05) is 0 Å². The molecular weight excluding hydrogens is 358 g/mol. The van der Waals surface area contributed by atoms with E-state index in [9.17, 15) is 9.59 Å². The lowest BCUT2D eigenvalue weighted by Crippen LogP contribution is -2.43. The molecule has 1 aromatic carbocycles. The van der Waals surface area contributed by atoms with Crippen molar-refractivity contribution in [1.29, 1.82) is 0 Å². The van der Waals surface area contributed by atoms with Gasteiger partial charge >= 0.3 is 6.16 Å². The zero-order chi connectivity index (χ0) is 21.4. The van der Waals surface area contributed by atoms with Crippen LogP contribution in [0.4, 0.5) is 4.79 Å². The average Bonchev–Trinajstić information content (AvgIpc) is 2.73. The lowest BCUT2D eigenvalue weighted by atomic mass is 9.91. The quantitative estimate of drug-likeness (QED) is 0.683. The van der Waals surface area contributed by atoms with E-state index in [0.29, 0.717) is 5.57 Å². The maximum Gasteiger partial charge on any atom is 0.513 e. The molecule has 1 aliphatic heterocycles. The third-order valence-corrected chi connectivity index (χ3v) is 5.20. The Morgan fingerprint density at radius 3 is 2.07 bits per heavy atom. The van der Waals surface area contributed by atoms with Gasteiger partial charge in [0.1, 0.15) is 11.6 Å². The fourth-order valence-electron chi connectivity index (χ4n) is 3.53. The van der Waals surface area contributed by atoms with Crippen LogP contribution in [0.25, 0.3) is 5.57 Å². The molecule has 0 aliphatic carbocycles. The molecule has 0 fully saturated rings. The molecule has 1 aromatic rings. The van der Waals surface area contributed by atoms with Gasteiger partial charge in [0.2, 0.25) is 0 Å². The Balaban J connectivity index is 2.59. The van der Waals surface area contributed by atoms with E-state index in [1.54, 1.807) is 13.8 Å². The van der Waals surface area contributed by atoms with Crippen molar-refractivity contribution in [2.24, 2.45) is 5.92 Å². The number of hydroxylamine groups is 2. The lowest BCUT2D eigenvalue weighted by molar-refractivity contribution is -0.190. The normalized spacial score (nSPS) is 17.4. The molecule has 0 aromatic heterocycles. The highest BCUT2D eigenvalue weighted by atomic mass is 16.7. The number of amides is 1. The van der Waals surface area contributed by atoms with Crippen molar-refractivity contribution in [3.63, 3.8) is 0 Å². The van der Waals surface area contributed by atoms with Gasteiger partial charge in [-0.1, -0.05) is 31.5 Å². The van der Waals surface area contributed by atoms with Crippen LogP contribution in [-0.2, 0) is 19.1 Å². The van der Waals surface area contributed by atoms with Gasteiger partial charge in [-0.3, -0.25) is 9.63 Å². The summed E-state index contributed by atoms with van der Waals surface area (Å²) < 4.78 is 11.0. The molecule has 6 nitrogen and oxygen atoms in total. The monoisotopic (exact) mass is 389 g/mol. The minimum Gasteiger partial charge on any atom is -0.431 e. The van der Waals surface area contributed by atoms with Gasteiger partial charge in [-0.05, 0) is 64.2 Å².